The summed E-state index contributed by atoms with van der Waals surface area (Å²) in [6.07, 6.45) is 0.993. The zero-order valence-corrected chi connectivity index (χ0v) is 9.42. The molecule has 78 valence electrons. The number of carbonyl (C=O) groups excluding carboxylic acids is 1. The molecule has 1 rings (SSSR count). The number of carbonyl (C=O) groups is 1. The van der Waals surface area contributed by atoms with Crippen LogP contribution in [0.3, 0.4) is 0 Å². The van der Waals surface area contributed by atoms with Crippen LogP contribution in [0.15, 0.2) is 24.3 Å². The zero-order chi connectivity index (χ0) is 11.0. The normalized spacial score (nSPS) is 8.57. The molecular formula is C12H19NO. The predicted molar refractivity (Wildman–Crippen MR) is 61.5 cm³/mol. The number of aryl methyl sites for hydroxylation is 1. The van der Waals surface area contributed by atoms with Crippen molar-refractivity contribution >= 4 is 11.6 Å². The van der Waals surface area contributed by atoms with Gasteiger partial charge in [0.25, 0.3) is 0 Å². The van der Waals surface area contributed by atoms with Crippen LogP contribution in [-0.4, -0.2) is 5.91 Å². The van der Waals surface area contributed by atoms with Crippen LogP contribution in [0.1, 0.15) is 33.3 Å². The third-order valence-corrected chi connectivity index (χ3v) is 1.66. The summed E-state index contributed by atoms with van der Waals surface area (Å²) in [6, 6.07) is 7.87. The van der Waals surface area contributed by atoms with Gasteiger partial charge in [0.15, 0.2) is 0 Å². The standard InChI is InChI=1S/C10H13NO.C2H6/c1-3-9-5-4-6-10(7-9)11-8(2)12;1-2/h4-7H,3H2,1-2H3,(H,11,12);1-2H3. The van der Waals surface area contributed by atoms with Crippen molar-refractivity contribution in [2.45, 2.75) is 34.1 Å². The molecule has 1 aromatic carbocycles. The van der Waals surface area contributed by atoms with E-state index in [0.717, 1.165) is 12.1 Å². The lowest BCUT2D eigenvalue weighted by molar-refractivity contribution is -0.114. The molecule has 0 spiro atoms. The van der Waals surface area contributed by atoms with Gasteiger partial charge in [0.05, 0.1) is 0 Å². The van der Waals surface area contributed by atoms with E-state index < -0.39 is 0 Å². The molecule has 0 aliphatic heterocycles. The first-order valence-corrected chi connectivity index (χ1v) is 5.09. The van der Waals surface area contributed by atoms with Crippen LogP contribution >= 0.6 is 0 Å². The van der Waals surface area contributed by atoms with Gasteiger partial charge in [-0.15, -0.1) is 0 Å². The number of anilines is 1. The van der Waals surface area contributed by atoms with Gasteiger partial charge in [-0.05, 0) is 24.1 Å². The Kier molecular flexibility index (Phi) is 6.46. The number of benzene rings is 1. The highest BCUT2D eigenvalue weighted by Gasteiger charge is 1.95. The fourth-order valence-electron chi connectivity index (χ4n) is 1.07. The molecule has 1 amide bonds. The molecule has 0 aliphatic rings. The minimum atomic E-state index is -0.0248. The molecule has 0 saturated heterocycles. The maximum absolute atomic E-state index is 10.7. The van der Waals surface area contributed by atoms with Gasteiger partial charge in [0.1, 0.15) is 0 Å². The quantitative estimate of drug-likeness (QED) is 0.767. The van der Waals surface area contributed by atoms with E-state index in [0.29, 0.717) is 0 Å². The van der Waals surface area contributed by atoms with E-state index in [-0.39, 0.29) is 5.91 Å². The zero-order valence-electron chi connectivity index (χ0n) is 9.42. The molecule has 0 bridgehead atoms. The van der Waals surface area contributed by atoms with Gasteiger partial charge in [-0.25, -0.2) is 0 Å². The van der Waals surface area contributed by atoms with Crippen molar-refractivity contribution in [3.63, 3.8) is 0 Å². The lowest BCUT2D eigenvalue weighted by Gasteiger charge is -2.02. The number of hydrogen-bond donors (Lipinski definition) is 1. The van der Waals surface area contributed by atoms with Gasteiger partial charge in [0.2, 0.25) is 5.91 Å². The fourth-order valence-corrected chi connectivity index (χ4v) is 1.07. The van der Waals surface area contributed by atoms with Gasteiger partial charge in [-0.2, -0.15) is 0 Å². The summed E-state index contributed by atoms with van der Waals surface area (Å²) in [5.41, 5.74) is 2.11. The van der Waals surface area contributed by atoms with Crippen molar-refractivity contribution in [2.24, 2.45) is 0 Å². The van der Waals surface area contributed by atoms with Crippen LogP contribution in [0, 0.1) is 0 Å². The smallest absolute Gasteiger partial charge is 0.221 e. The first kappa shape index (κ1) is 12.7. The molecule has 0 fully saturated rings. The van der Waals surface area contributed by atoms with E-state index in [1.165, 1.54) is 12.5 Å². The molecule has 0 saturated carbocycles. The predicted octanol–water partition coefficient (Wildman–Crippen LogP) is 3.23. The summed E-state index contributed by atoms with van der Waals surface area (Å²) >= 11 is 0. The average molecular weight is 193 g/mol. The molecule has 0 aromatic heterocycles. The molecule has 14 heavy (non-hydrogen) atoms. The van der Waals surface area contributed by atoms with Crippen molar-refractivity contribution < 1.29 is 4.79 Å². The molecule has 1 N–H and O–H groups in total. The molecule has 1 aromatic rings. The van der Waals surface area contributed by atoms with Crippen LogP contribution < -0.4 is 5.32 Å². The Bertz CT molecular complexity index is 281. The minimum absolute atomic E-state index is 0.0248. The van der Waals surface area contributed by atoms with E-state index in [1.54, 1.807) is 0 Å². The second-order valence-electron chi connectivity index (χ2n) is 2.74. The lowest BCUT2D eigenvalue weighted by atomic mass is 10.1. The van der Waals surface area contributed by atoms with Crippen molar-refractivity contribution in [1.82, 2.24) is 0 Å². The Morgan fingerprint density at radius 3 is 2.50 bits per heavy atom. The number of amides is 1. The molecular weight excluding hydrogens is 174 g/mol. The summed E-state index contributed by atoms with van der Waals surface area (Å²) in [7, 11) is 0. The van der Waals surface area contributed by atoms with E-state index in [4.69, 9.17) is 0 Å². The number of nitrogens with one attached hydrogen (secondary N) is 1. The molecule has 0 unspecified atom stereocenters. The Morgan fingerprint density at radius 2 is 2.00 bits per heavy atom. The molecule has 2 heteroatoms. The highest BCUT2D eigenvalue weighted by molar-refractivity contribution is 5.88. The van der Waals surface area contributed by atoms with E-state index in [9.17, 15) is 4.79 Å². The van der Waals surface area contributed by atoms with Crippen molar-refractivity contribution in [2.75, 3.05) is 5.32 Å². The van der Waals surface area contributed by atoms with Crippen molar-refractivity contribution in [1.29, 1.82) is 0 Å². The second-order valence-corrected chi connectivity index (χ2v) is 2.74. The van der Waals surface area contributed by atoms with Crippen LogP contribution in [0.2, 0.25) is 0 Å². The summed E-state index contributed by atoms with van der Waals surface area (Å²) in [6.45, 7) is 7.60. The Morgan fingerprint density at radius 1 is 1.36 bits per heavy atom. The number of rotatable bonds is 2. The third kappa shape index (κ3) is 4.65. The van der Waals surface area contributed by atoms with Crippen LogP contribution in [-0.2, 0) is 11.2 Å². The molecule has 0 heterocycles. The largest absolute Gasteiger partial charge is 0.326 e. The molecule has 0 atom stereocenters. The molecule has 2 nitrogen and oxygen atoms in total. The van der Waals surface area contributed by atoms with Gasteiger partial charge < -0.3 is 5.32 Å². The van der Waals surface area contributed by atoms with Crippen LogP contribution in [0.5, 0.6) is 0 Å². The average Bonchev–Trinajstić information content (AvgIpc) is 2.20. The highest BCUT2D eigenvalue weighted by Crippen LogP contribution is 2.10. The van der Waals surface area contributed by atoms with Gasteiger partial charge in [-0.1, -0.05) is 32.9 Å². The van der Waals surface area contributed by atoms with E-state index >= 15 is 0 Å². The Labute approximate surface area is 86.3 Å². The topological polar surface area (TPSA) is 29.1 Å². The van der Waals surface area contributed by atoms with Crippen molar-refractivity contribution in [3.05, 3.63) is 29.8 Å². The highest BCUT2D eigenvalue weighted by atomic mass is 16.1. The Balaban J connectivity index is 0.000000791. The lowest BCUT2D eigenvalue weighted by Crippen LogP contribution is -2.05. The van der Waals surface area contributed by atoms with Crippen LogP contribution in [0.4, 0.5) is 5.69 Å². The second kappa shape index (κ2) is 7.13. The SMILES string of the molecule is CC.CCc1cccc(NC(C)=O)c1. The minimum Gasteiger partial charge on any atom is -0.326 e. The monoisotopic (exact) mass is 193 g/mol. The molecule has 0 aliphatic carbocycles. The first-order valence-electron chi connectivity index (χ1n) is 5.09. The maximum atomic E-state index is 10.7. The van der Waals surface area contributed by atoms with Gasteiger partial charge in [-0.3, -0.25) is 4.79 Å². The maximum Gasteiger partial charge on any atom is 0.221 e. The molecule has 0 radical (unpaired) electrons. The van der Waals surface area contributed by atoms with Crippen molar-refractivity contribution in [3.8, 4) is 0 Å². The fraction of sp³-hybridized carbons (Fsp3) is 0.417. The van der Waals surface area contributed by atoms with E-state index in [2.05, 4.69) is 12.2 Å². The van der Waals surface area contributed by atoms with E-state index in [1.807, 2.05) is 38.1 Å². The summed E-state index contributed by atoms with van der Waals surface area (Å²) in [5, 5.41) is 2.74. The third-order valence-electron chi connectivity index (χ3n) is 1.66. The Hall–Kier alpha value is -1.31. The van der Waals surface area contributed by atoms with Gasteiger partial charge >= 0.3 is 0 Å². The summed E-state index contributed by atoms with van der Waals surface area (Å²) in [5.74, 6) is -0.0248. The summed E-state index contributed by atoms with van der Waals surface area (Å²) < 4.78 is 0. The van der Waals surface area contributed by atoms with Gasteiger partial charge in [0, 0.05) is 12.6 Å². The number of hydrogen-bond acceptors (Lipinski definition) is 1. The summed E-state index contributed by atoms with van der Waals surface area (Å²) in [4.78, 5) is 10.7. The first-order chi connectivity index (χ1) is 6.72. The van der Waals surface area contributed by atoms with Crippen LogP contribution in [0.25, 0.3) is 0 Å².